The van der Waals surface area contributed by atoms with Gasteiger partial charge in [-0.2, -0.15) is 5.10 Å². The molecule has 21 heavy (non-hydrogen) atoms. The van der Waals surface area contributed by atoms with Gasteiger partial charge in [-0.1, -0.05) is 19.8 Å². The maximum atomic E-state index is 11.7. The van der Waals surface area contributed by atoms with E-state index in [0.29, 0.717) is 31.8 Å². The van der Waals surface area contributed by atoms with E-state index < -0.39 is 5.97 Å². The van der Waals surface area contributed by atoms with Crippen LogP contribution in [0.15, 0.2) is 18.5 Å². The van der Waals surface area contributed by atoms with E-state index in [1.54, 1.807) is 10.9 Å². The van der Waals surface area contributed by atoms with E-state index in [1.807, 2.05) is 12.3 Å². The van der Waals surface area contributed by atoms with Gasteiger partial charge < -0.3 is 10.4 Å². The minimum Gasteiger partial charge on any atom is -0.481 e. The van der Waals surface area contributed by atoms with Crippen molar-refractivity contribution in [2.24, 2.45) is 5.92 Å². The Hall–Kier alpha value is -1.85. The van der Waals surface area contributed by atoms with Crippen LogP contribution in [0.4, 0.5) is 0 Å². The molecular formula is C15H25N3O3. The van der Waals surface area contributed by atoms with Crippen LogP contribution in [0.3, 0.4) is 0 Å². The van der Waals surface area contributed by atoms with E-state index in [1.165, 1.54) is 0 Å². The number of carboxylic acid groups (broad SMARTS) is 1. The van der Waals surface area contributed by atoms with Crippen LogP contribution in [0.25, 0.3) is 0 Å². The molecule has 0 fully saturated rings. The van der Waals surface area contributed by atoms with E-state index in [2.05, 4.69) is 17.3 Å². The first-order valence-corrected chi connectivity index (χ1v) is 7.57. The van der Waals surface area contributed by atoms with Crippen molar-refractivity contribution in [2.45, 2.75) is 52.0 Å². The molecule has 1 atom stereocenters. The van der Waals surface area contributed by atoms with Gasteiger partial charge in [-0.25, -0.2) is 0 Å². The summed E-state index contributed by atoms with van der Waals surface area (Å²) in [7, 11) is 0. The van der Waals surface area contributed by atoms with Crippen LogP contribution in [0.1, 0.15) is 45.4 Å². The molecule has 0 saturated heterocycles. The van der Waals surface area contributed by atoms with Gasteiger partial charge in [0.15, 0.2) is 0 Å². The molecule has 0 saturated carbocycles. The number of amides is 1. The summed E-state index contributed by atoms with van der Waals surface area (Å²) in [6, 6.07) is 1.83. The number of nitrogens with one attached hydrogen (secondary N) is 1. The van der Waals surface area contributed by atoms with Crippen molar-refractivity contribution in [1.29, 1.82) is 0 Å². The van der Waals surface area contributed by atoms with Gasteiger partial charge in [0.25, 0.3) is 0 Å². The molecule has 0 aliphatic rings. The molecule has 1 aromatic heterocycles. The van der Waals surface area contributed by atoms with Gasteiger partial charge in [-0.15, -0.1) is 0 Å². The largest absolute Gasteiger partial charge is 0.481 e. The highest BCUT2D eigenvalue weighted by atomic mass is 16.4. The second-order valence-corrected chi connectivity index (χ2v) is 5.24. The maximum Gasteiger partial charge on any atom is 0.303 e. The molecule has 0 radical (unpaired) electrons. The second kappa shape index (κ2) is 9.96. The smallest absolute Gasteiger partial charge is 0.303 e. The molecule has 0 aromatic carbocycles. The average molecular weight is 295 g/mol. The molecular weight excluding hydrogens is 270 g/mol. The van der Waals surface area contributed by atoms with Gasteiger partial charge in [0.1, 0.15) is 0 Å². The maximum absolute atomic E-state index is 11.7. The Morgan fingerprint density at radius 1 is 1.29 bits per heavy atom. The summed E-state index contributed by atoms with van der Waals surface area (Å²) in [6.45, 7) is 3.29. The van der Waals surface area contributed by atoms with Crippen molar-refractivity contribution in [3.05, 3.63) is 18.5 Å². The van der Waals surface area contributed by atoms with Crippen molar-refractivity contribution < 1.29 is 14.7 Å². The Balaban J connectivity index is 2.16. The first-order chi connectivity index (χ1) is 10.1. The molecule has 2 N–H and O–H groups in total. The molecule has 0 aliphatic heterocycles. The summed E-state index contributed by atoms with van der Waals surface area (Å²) in [4.78, 5) is 22.3. The van der Waals surface area contributed by atoms with Crippen molar-refractivity contribution >= 4 is 11.9 Å². The van der Waals surface area contributed by atoms with E-state index in [0.717, 1.165) is 19.3 Å². The lowest BCUT2D eigenvalue weighted by atomic mass is 9.94. The van der Waals surface area contributed by atoms with E-state index in [-0.39, 0.29) is 12.3 Å². The number of carbonyl (C=O) groups is 2. The molecule has 0 aliphatic carbocycles. The highest BCUT2D eigenvalue weighted by Crippen LogP contribution is 2.17. The number of hydrogen-bond acceptors (Lipinski definition) is 3. The van der Waals surface area contributed by atoms with Crippen LogP contribution in [0, 0.1) is 5.92 Å². The molecule has 1 unspecified atom stereocenters. The number of carboxylic acids is 1. The molecule has 1 aromatic rings. The SMILES string of the molecule is CCCC(CCNC(=O)CCn1cccn1)CCC(=O)O. The Morgan fingerprint density at radius 2 is 2.10 bits per heavy atom. The lowest BCUT2D eigenvalue weighted by Crippen LogP contribution is -2.27. The number of aliphatic carboxylic acids is 1. The summed E-state index contributed by atoms with van der Waals surface area (Å²) in [5.41, 5.74) is 0. The van der Waals surface area contributed by atoms with Crippen LogP contribution >= 0.6 is 0 Å². The van der Waals surface area contributed by atoms with Gasteiger partial charge in [0, 0.05) is 38.3 Å². The Bertz CT molecular complexity index is 418. The molecule has 1 amide bonds. The normalized spacial score (nSPS) is 12.0. The minimum absolute atomic E-state index is 0.0129. The summed E-state index contributed by atoms with van der Waals surface area (Å²) in [5.74, 6) is -0.365. The highest BCUT2D eigenvalue weighted by Gasteiger charge is 2.11. The molecule has 6 heteroatoms. The molecule has 118 valence electrons. The summed E-state index contributed by atoms with van der Waals surface area (Å²) in [6.07, 6.45) is 7.72. The molecule has 0 spiro atoms. The monoisotopic (exact) mass is 295 g/mol. The van der Waals surface area contributed by atoms with Crippen LogP contribution in [-0.4, -0.2) is 33.3 Å². The van der Waals surface area contributed by atoms with E-state index in [4.69, 9.17) is 5.11 Å². The second-order valence-electron chi connectivity index (χ2n) is 5.24. The third-order valence-corrected chi connectivity index (χ3v) is 3.47. The Labute approximate surface area is 125 Å². The molecule has 1 heterocycles. The number of nitrogens with zero attached hydrogens (tertiary/aromatic N) is 2. The fourth-order valence-electron chi connectivity index (χ4n) is 2.32. The quantitative estimate of drug-likeness (QED) is 0.654. The Morgan fingerprint density at radius 3 is 2.71 bits per heavy atom. The zero-order valence-electron chi connectivity index (χ0n) is 12.6. The molecule has 1 rings (SSSR count). The minimum atomic E-state index is -0.751. The van der Waals surface area contributed by atoms with Gasteiger partial charge in [-0.3, -0.25) is 14.3 Å². The van der Waals surface area contributed by atoms with E-state index in [9.17, 15) is 9.59 Å². The van der Waals surface area contributed by atoms with Crippen molar-refractivity contribution in [2.75, 3.05) is 6.54 Å². The Kier molecular flexibility index (Phi) is 8.16. The summed E-state index contributed by atoms with van der Waals surface area (Å²) >= 11 is 0. The predicted octanol–water partition coefficient (Wildman–Crippen LogP) is 2.06. The number of hydrogen-bond donors (Lipinski definition) is 2. The predicted molar refractivity (Wildman–Crippen MR) is 79.7 cm³/mol. The number of aromatic nitrogens is 2. The first-order valence-electron chi connectivity index (χ1n) is 7.57. The summed E-state index contributed by atoms with van der Waals surface area (Å²) in [5, 5.41) is 15.7. The van der Waals surface area contributed by atoms with Crippen molar-refractivity contribution in [1.82, 2.24) is 15.1 Å². The van der Waals surface area contributed by atoms with Crippen molar-refractivity contribution in [3.8, 4) is 0 Å². The van der Waals surface area contributed by atoms with Gasteiger partial charge in [0.05, 0.1) is 0 Å². The number of aryl methyl sites for hydroxylation is 1. The lowest BCUT2D eigenvalue weighted by molar-refractivity contribution is -0.137. The zero-order valence-corrected chi connectivity index (χ0v) is 12.6. The zero-order chi connectivity index (χ0) is 15.5. The van der Waals surface area contributed by atoms with Gasteiger partial charge >= 0.3 is 5.97 Å². The van der Waals surface area contributed by atoms with Gasteiger partial charge in [-0.05, 0) is 24.8 Å². The van der Waals surface area contributed by atoms with Gasteiger partial charge in [0.2, 0.25) is 5.91 Å². The standard InChI is InChI=1S/C15H25N3O3/c1-2-4-13(5-6-15(20)21)7-10-16-14(19)8-12-18-11-3-9-17-18/h3,9,11,13H,2,4-8,10,12H2,1H3,(H,16,19)(H,20,21). The highest BCUT2D eigenvalue weighted by molar-refractivity contribution is 5.75. The van der Waals surface area contributed by atoms with Crippen LogP contribution in [0.2, 0.25) is 0 Å². The fourth-order valence-corrected chi connectivity index (χ4v) is 2.32. The van der Waals surface area contributed by atoms with Crippen LogP contribution in [-0.2, 0) is 16.1 Å². The topological polar surface area (TPSA) is 84.2 Å². The van der Waals surface area contributed by atoms with Crippen LogP contribution < -0.4 is 5.32 Å². The fraction of sp³-hybridized carbons (Fsp3) is 0.667. The molecule has 6 nitrogen and oxygen atoms in total. The third-order valence-electron chi connectivity index (χ3n) is 3.47. The lowest BCUT2D eigenvalue weighted by Gasteiger charge is -2.15. The first kappa shape index (κ1) is 17.2. The number of rotatable bonds is 11. The average Bonchev–Trinajstić information content (AvgIpc) is 2.95. The third kappa shape index (κ3) is 8.12. The number of carbonyl (C=O) groups excluding carboxylic acids is 1. The molecule has 0 bridgehead atoms. The summed E-state index contributed by atoms with van der Waals surface area (Å²) < 4.78 is 1.73. The van der Waals surface area contributed by atoms with E-state index >= 15 is 0 Å². The van der Waals surface area contributed by atoms with Crippen LogP contribution in [0.5, 0.6) is 0 Å². The van der Waals surface area contributed by atoms with Crippen molar-refractivity contribution in [3.63, 3.8) is 0 Å².